The van der Waals surface area contributed by atoms with Crippen LogP contribution in [0.2, 0.25) is 5.02 Å². The van der Waals surface area contributed by atoms with Crippen LogP contribution in [0.1, 0.15) is 33.2 Å². The first-order valence-electron chi connectivity index (χ1n) is 7.97. The summed E-state index contributed by atoms with van der Waals surface area (Å²) in [5.74, 6) is -1.07. The average molecular weight is 373 g/mol. The number of hydrogen-bond acceptors (Lipinski definition) is 4. The number of nitrogens with one attached hydrogen (secondary N) is 1. The van der Waals surface area contributed by atoms with Gasteiger partial charge >= 0.3 is 0 Å². The third-order valence-corrected chi connectivity index (χ3v) is 4.74. The monoisotopic (exact) mass is 372 g/mol. The Morgan fingerprint density at radius 3 is 2.27 bits per heavy atom. The molecule has 0 saturated heterocycles. The lowest BCUT2D eigenvalue weighted by Crippen LogP contribution is -2.45. The first-order valence-corrected chi connectivity index (χ1v) is 8.35. The SMILES string of the molecule is COc1cc(Cl)c(C)cc1NC(=O)[C@@H](C)N1C(=O)c2ccccc2C1=O. The fourth-order valence-electron chi connectivity index (χ4n) is 2.84. The number of anilines is 1. The van der Waals surface area contributed by atoms with E-state index in [0.29, 0.717) is 27.6 Å². The molecule has 0 fully saturated rings. The highest BCUT2D eigenvalue weighted by atomic mass is 35.5. The van der Waals surface area contributed by atoms with E-state index >= 15 is 0 Å². The number of nitrogens with zero attached hydrogens (tertiary/aromatic N) is 1. The number of ether oxygens (including phenoxy) is 1. The highest BCUT2D eigenvalue weighted by Crippen LogP contribution is 2.31. The number of amides is 3. The quantitative estimate of drug-likeness (QED) is 0.836. The summed E-state index contributed by atoms with van der Waals surface area (Å²) < 4.78 is 5.23. The minimum atomic E-state index is -0.983. The molecule has 1 aliphatic heterocycles. The van der Waals surface area contributed by atoms with E-state index in [4.69, 9.17) is 16.3 Å². The van der Waals surface area contributed by atoms with Crippen molar-refractivity contribution in [3.63, 3.8) is 0 Å². The van der Waals surface area contributed by atoms with Crippen molar-refractivity contribution in [2.45, 2.75) is 19.9 Å². The van der Waals surface area contributed by atoms with Crippen LogP contribution in [0.5, 0.6) is 5.75 Å². The van der Waals surface area contributed by atoms with E-state index in [1.807, 2.05) is 0 Å². The summed E-state index contributed by atoms with van der Waals surface area (Å²) in [7, 11) is 1.46. The summed E-state index contributed by atoms with van der Waals surface area (Å²) in [5, 5.41) is 3.21. The van der Waals surface area contributed by atoms with Gasteiger partial charge < -0.3 is 10.1 Å². The van der Waals surface area contributed by atoms with Gasteiger partial charge in [0.2, 0.25) is 5.91 Å². The van der Waals surface area contributed by atoms with Crippen LogP contribution in [-0.4, -0.2) is 35.8 Å². The Bertz CT molecular complexity index is 891. The predicted molar refractivity (Wildman–Crippen MR) is 97.8 cm³/mol. The molecule has 1 atom stereocenters. The second-order valence-corrected chi connectivity index (χ2v) is 6.40. The summed E-state index contributed by atoms with van der Waals surface area (Å²) in [5.41, 5.74) is 1.79. The number of benzene rings is 2. The molecule has 0 unspecified atom stereocenters. The highest BCUT2D eigenvalue weighted by molar-refractivity contribution is 6.31. The van der Waals surface area contributed by atoms with Gasteiger partial charge in [-0.3, -0.25) is 19.3 Å². The number of hydrogen-bond donors (Lipinski definition) is 1. The first-order chi connectivity index (χ1) is 12.3. The maximum absolute atomic E-state index is 12.7. The maximum atomic E-state index is 12.7. The molecule has 26 heavy (non-hydrogen) atoms. The molecule has 134 valence electrons. The molecule has 1 N–H and O–H groups in total. The number of imide groups is 1. The van der Waals surface area contributed by atoms with Crippen LogP contribution in [0.3, 0.4) is 0 Å². The lowest BCUT2D eigenvalue weighted by atomic mass is 10.1. The molecule has 1 heterocycles. The number of carbonyl (C=O) groups excluding carboxylic acids is 3. The Balaban J connectivity index is 1.85. The standard InChI is InChI=1S/C19H17ClN2O4/c1-10-8-15(16(26-3)9-14(10)20)21-17(23)11(2)22-18(24)12-6-4-5-7-13(12)19(22)25/h4-9,11H,1-3H3,(H,21,23)/t11-/m1/s1. The normalized spacial score (nSPS) is 14.2. The summed E-state index contributed by atoms with van der Waals surface area (Å²) in [6, 6.07) is 8.80. The molecule has 6 nitrogen and oxygen atoms in total. The molecule has 3 rings (SSSR count). The van der Waals surface area contributed by atoms with Gasteiger partial charge in [0.1, 0.15) is 11.8 Å². The molecule has 0 aliphatic carbocycles. The summed E-state index contributed by atoms with van der Waals surface area (Å²) in [6.45, 7) is 3.30. The first kappa shape index (κ1) is 17.9. The molecule has 1 aliphatic rings. The number of rotatable bonds is 4. The minimum absolute atomic E-state index is 0.303. The zero-order valence-electron chi connectivity index (χ0n) is 14.5. The van der Waals surface area contributed by atoms with Gasteiger partial charge in [-0.1, -0.05) is 23.7 Å². The van der Waals surface area contributed by atoms with Gasteiger partial charge in [0, 0.05) is 11.1 Å². The van der Waals surface area contributed by atoms with Gasteiger partial charge in [0.15, 0.2) is 0 Å². The molecular formula is C19H17ClN2O4. The Hall–Kier alpha value is -2.86. The molecule has 3 amide bonds. The third-order valence-electron chi connectivity index (χ3n) is 4.33. The Morgan fingerprint density at radius 1 is 1.15 bits per heavy atom. The predicted octanol–water partition coefficient (Wildman–Crippen LogP) is 3.28. The number of aryl methyl sites for hydroxylation is 1. The van der Waals surface area contributed by atoms with Crippen molar-refractivity contribution in [3.05, 3.63) is 58.1 Å². The summed E-state index contributed by atoms with van der Waals surface area (Å²) in [4.78, 5) is 38.6. The molecule has 0 aromatic heterocycles. The highest BCUT2D eigenvalue weighted by Gasteiger charge is 2.40. The van der Waals surface area contributed by atoms with Crippen LogP contribution < -0.4 is 10.1 Å². The second kappa shape index (κ2) is 6.80. The van der Waals surface area contributed by atoms with Gasteiger partial charge in [-0.05, 0) is 37.6 Å². The largest absolute Gasteiger partial charge is 0.495 e. The zero-order valence-corrected chi connectivity index (χ0v) is 15.3. The number of methoxy groups -OCH3 is 1. The van der Waals surface area contributed by atoms with Crippen molar-refractivity contribution in [1.29, 1.82) is 0 Å². The Kier molecular flexibility index (Phi) is 4.70. The van der Waals surface area contributed by atoms with Crippen molar-refractivity contribution in [1.82, 2.24) is 4.90 Å². The molecule has 0 radical (unpaired) electrons. The number of fused-ring (bicyclic) bond motifs is 1. The summed E-state index contributed by atoms with van der Waals surface area (Å²) >= 11 is 6.07. The minimum Gasteiger partial charge on any atom is -0.495 e. The molecule has 0 bridgehead atoms. The van der Waals surface area contributed by atoms with Crippen molar-refractivity contribution in [2.75, 3.05) is 12.4 Å². The molecule has 2 aromatic carbocycles. The van der Waals surface area contributed by atoms with E-state index in [2.05, 4.69) is 5.32 Å². The Labute approximate surface area is 155 Å². The van der Waals surface area contributed by atoms with Crippen LogP contribution in [0.4, 0.5) is 5.69 Å². The van der Waals surface area contributed by atoms with Crippen LogP contribution in [-0.2, 0) is 4.79 Å². The Morgan fingerprint density at radius 2 is 1.73 bits per heavy atom. The fraction of sp³-hybridized carbons (Fsp3) is 0.211. The van der Waals surface area contributed by atoms with E-state index in [1.54, 1.807) is 43.3 Å². The van der Waals surface area contributed by atoms with Crippen molar-refractivity contribution in [2.24, 2.45) is 0 Å². The van der Waals surface area contributed by atoms with Crippen molar-refractivity contribution < 1.29 is 19.1 Å². The molecule has 2 aromatic rings. The fourth-order valence-corrected chi connectivity index (χ4v) is 3.00. The van der Waals surface area contributed by atoms with E-state index in [1.165, 1.54) is 14.0 Å². The van der Waals surface area contributed by atoms with Crippen LogP contribution in [0.25, 0.3) is 0 Å². The van der Waals surface area contributed by atoms with E-state index in [9.17, 15) is 14.4 Å². The van der Waals surface area contributed by atoms with E-state index < -0.39 is 23.8 Å². The van der Waals surface area contributed by atoms with Crippen LogP contribution >= 0.6 is 11.6 Å². The third kappa shape index (κ3) is 2.93. The maximum Gasteiger partial charge on any atom is 0.262 e. The van der Waals surface area contributed by atoms with Gasteiger partial charge in [-0.15, -0.1) is 0 Å². The summed E-state index contributed by atoms with van der Waals surface area (Å²) in [6.07, 6.45) is 0. The van der Waals surface area contributed by atoms with Crippen LogP contribution in [0, 0.1) is 6.92 Å². The molecule has 0 spiro atoms. The van der Waals surface area contributed by atoms with E-state index in [-0.39, 0.29) is 0 Å². The van der Waals surface area contributed by atoms with Crippen LogP contribution in [0.15, 0.2) is 36.4 Å². The van der Waals surface area contributed by atoms with Crippen molar-refractivity contribution >= 4 is 35.0 Å². The van der Waals surface area contributed by atoms with Gasteiger partial charge in [-0.25, -0.2) is 0 Å². The van der Waals surface area contributed by atoms with Gasteiger partial charge in [0.25, 0.3) is 11.8 Å². The molecule has 0 saturated carbocycles. The van der Waals surface area contributed by atoms with Gasteiger partial charge in [0.05, 0.1) is 23.9 Å². The molecule has 7 heteroatoms. The number of halogens is 1. The average Bonchev–Trinajstić information content (AvgIpc) is 2.88. The number of carbonyl (C=O) groups is 3. The van der Waals surface area contributed by atoms with E-state index in [0.717, 1.165) is 10.5 Å². The zero-order chi connectivity index (χ0) is 19.0. The second-order valence-electron chi connectivity index (χ2n) is 5.99. The van der Waals surface area contributed by atoms with Gasteiger partial charge in [-0.2, -0.15) is 0 Å². The lowest BCUT2D eigenvalue weighted by molar-refractivity contribution is -0.119. The molecular weight excluding hydrogens is 356 g/mol. The van der Waals surface area contributed by atoms with Crippen molar-refractivity contribution in [3.8, 4) is 5.75 Å². The topological polar surface area (TPSA) is 75.7 Å². The smallest absolute Gasteiger partial charge is 0.262 e. The lowest BCUT2D eigenvalue weighted by Gasteiger charge is -2.22.